The van der Waals surface area contributed by atoms with Crippen LogP contribution < -0.4 is 10.6 Å². The smallest absolute Gasteiger partial charge is 0.385 e. The third-order valence-corrected chi connectivity index (χ3v) is 3.57. The molecule has 1 amide bonds. The average molecular weight is 336 g/mol. The van der Waals surface area contributed by atoms with Gasteiger partial charge in [-0.25, -0.2) is 0 Å². The molecule has 2 aromatic carbocycles. The molecule has 0 aliphatic rings. The van der Waals surface area contributed by atoms with Gasteiger partial charge in [-0.1, -0.05) is 30.3 Å². The van der Waals surface area contributed by atoms with Crippen molar-refractivity contribution in [3.05, 3.63) is 65.7 Å². The van der Waals surface area contributed by atoms with Gasteiger partial charge in [0.25, 0.3) is 0 Å². The number of hydrogen-bond acceptors (Lipinski definition) is 2. The summed E-state index contributed by atoms with van der Waals surface area (Å²) in [6, 6.07) is 14.2. The maximum Gasteiger partial charge on any atom is 0.416 e. The van der Waals surface area contributed by atoms with Crippen molar-refractivity contribution < 1.29 is 18.0 Å². The Kier molecular flexibility index (Phi) is 5.84. The van der Waals surface area contributed by atoms with Gasteiger partial charge in [0.1, 0.15) is 0 Å². The summed E-state index contributed by atoms with van der Waals surface area (Å²) in [6.07, 6.45) is -4.11. The fraction of sp³-hybridized carbons (Fsp3) is 0.278. The van der Waals surface area contributed by atoms with Crippen LogP contribution in [-0.2, 0) is 11.0 Å². The molecule has 0 heterocycles. The number of nitrogens with one attached hydrogen (secondary N) is 2. The first kappa shape index (κ1) is 17.8. The fourth-order valence-corrected chi connectivity index (χ4v) is 2.24. The third kappa shape index (κ3) is 5.30. The largest absolute Gasteiger partial charge is 0.416 e. The van der Waals surface area contributed by atoms with Crippen LogP contribution in [0.25, 0.3) is 0 Å². The van der Waals surface area contributed by atoms with Gasteiger partial charge in [0, 0.05) is 18.7 Å². The molecule has 0 fully saturated rings. The zero-order chi connectivity index (χ0) is 17.6. The molecule has 0 aliphatic heterocycles. The molecule has 1 unspecified atom stereocenters. The zero-order valence-electron chi connectivity index (χ0n) is 13.2. The van der Waals surface area contributed by atoms with Gasteiger partial charge in [-0.3, -0.25) is 4.79 Å². The number of benzene rings is 2. The van der Waals surface area contributed by atoms with Gasteiger partial charge < -0.3 is 10.6 Å². The van der Waals surface area contributed by atoms with Crippen LogP contribution in [0.3, 0.4) is 0 Å². The third-order valence-electron chi connectivity index (χ3n) is 3.57. The van der Waals surface area contributed by atoms with Crippen molar-refractivity contribution in [2.45, 2.75) is 25.6 Å². The molecule has 24 heavy (non-hydrogen) atoms. The minimum Gasteiger partial charge on any atom is -0.385 e. The van der Waals surface area contributed by atoms with E-state index in [1.807, 2.05) is 37.3 Å². The molecule has 128 valence electrons. The topological polar surface area (TPSA) is 41.1 Å². The lowest BCUT2D eigenvalue weighted by atomic mass is 10.1. The summed E-state index contributed by atoms with van der Waals surface area (Å²) < 4.78 is 37.4. The Labute approximate surface area is 138 Å². The number of halogens is 3. The molecule has 0 aromatic heterocycles. The summed E-state index contributed by atoms with van der Waals surface area (Å²) in [7, 11) is 0. The summed E-state index contributed by atoms with van der Waals surface area (Å²) in [5.74, 6) is -0.120. The number of amides is 1. The minimum atomic E-state index is -4.34. The van der Waals surface area contributed by atoms with E-state index in [2.05, 4.69) is 10.6 Å². The molecule has 0 spiro atoms. The van der Waals surface area contributed by atoms with Crippen molar-refractivity contribution in [1.82, 2.24) is 5.32 Å². The first-order chi connectivity index (χ1) is 11.4. The Morgan fingerprint density at radius 2 is 1.67 bits per heavy atom. The summed E-state index contributed by atoms with van der Waals surface area (Å²) >= 11 is 0. The highest BCUT2D eigenvalue weighted by atomic mass is 19.4. The van der Waals surface area contributed by atoms with Crippen molar-refractivity contribution in [1.29, 1.82) is 0 Å². The highest BCUT2D eigenvalue weighted by Crippen LogP contribution is 2.29. The van der Waals surface area contributed by atoms with Crippen LogP contribution in [0.2, 0.25) is 0 Å². The molecule has 1 atom stereocenters. The summed E-state index contributed by atoms with van der Waals surface area (Å²) in [5.41, 5.74) is 0.871. The summed E-state index contributed by atoms with van der Waals surface area (Å²) in [5, 5.41) is 5.82. The van der Waals surface area contributed by atoms with E-state index >= 15 is 0 Å². The van der Waals surface area contributed by atoms with Crippen molar-refractivity contribution in [2.24, 2.45) is 0 Å². The normalized spacial score (nSPS) is 12.5. The van der Waals surface area contributed by atoms with E-state index in [9.17, 15) is 18.0 Å². The van der Waals surface area contributed by atoms with Crippen molar-refractivity contribution >= 4 is 11.6 Å². The second-order valence-electron chi connectivity index (χ2n) is 5.45. The van der Waals surface area contributed by atoms with Crippen molar-refractivity contribution in [3.8, 4) is 0 Å². The molecule has 0 radical (unpaired) electrons. The van der Waals surface area contributed by atoms with E-state index in [0.717, 1.165) is 17.7 Å². The monoisotopic (exact) mass is 336 g/mol. The van der Waals surface area contributed by atoms with Crippen LogP contribution in [0.15, 0.2) is 54.6 Å². The van der Waals surface area contributed by atoms with E-state index in [4.69, 9.17) is 0 Å². The molecule has 0 aliphatic carbocycles. The maximum absolute atomic E-state index is 12.5. The van der Waals surface area contributed by atoms with E-state index in [0.29, 0.717) is 12.2 Å². The van der Waals surface area contributed by atoms with Crippen LogP contribution in [0.1, 0.15) is 30.5 Å². The Balaban J connectivity index is 1.76. The van der Waals surface area contributed by atoms with E-state index < -0.39 is 11.7 Å². The molecule has 2 rings (SSSR count). The van der Waals surface area contributed by atoms with E-state index in [-0.39, 0.29) is 18.4 Å². The zero-order valence-corrected chi connectivity index (χ0v) is 13.2. The predicted octanol–water partition coefficient (Wildman–Crippen LogP) is 4.38. The lowest BCUT2D eigenvalue weighted by Gasteiger charge is -2.14. The first-order valence-electron chi connectivity index (χ1n) is 7.61. The molecule has 2 N–H and O–H groups in total. The number of rotatable bonds is 6. The minimum absolute atomic E-state index is 0.0928. The molecule has 0 bridgehead atoms. The Bertz CT molecular complexity index is 654. The molecule has 6 heteroatoms. The van der Waals surface area contributed by atoms with Crippen LogP contribution >= 0.6 is 0 Å². The summed E-state index contributed by atoms with van der Waals surface area (Å²) in [4.78, 5) is 11.9. The Morgan fingerprint density at radius 1 is 1.04 bits per heavy atom. The lowest BCUT2D eigenvalue weighted by Crippen LogP contribution is -2.28. The van der Waals surface area contributed by atoms with Crippen LogP contribution in [0.4, 0.5) is 18.9 Å². The highest BCUT2D eigenvalue weighted by Gasteiger charge is 2.29. The SMILES string of the molecule is CC(NC(=O)CCNc1ccc(C(F)(F)F)cc1)c1ccccc1. The van der Waals surface area contributed by atoms with Gasteiger partial charge >= 0.3 is 6.18 Å². The number of hydrogen-bond donors (Lipinski definition) is 2. The first-order valence-corrected chi connectivity index (χ1v) is 7.61. The molecular weight excluding hydrogens is 317 g/mol. The van der Waals surface area contributed by atoms with Gasteiger partial charge in [-0.05, 0) is 36.8 Å². The molecular formula is C18H19F3N2O. The Hall–Kier alpha value is -2.50. The predicted molar refractivity (Wildman–Crippen MR) is 87.6 cm³/mol. The molecule has 3 nitrogen and oxygen atoms in total. The average Bonchev–Trinajstić information content (AvgIpc) is 2.55. The second-order valence-corrected chi connectivity index (χ2v) is 5.45. The number of alkyl halides is 3. The van der Waals surface area contributed by atoms with Crippen LogP contribution in [-0.4, -0.2) is 12.5 Å². The van der Waals surface area contributed by atoms with Gasteiger partial charge in [-0.2, -0.15) is 13.2 Å². The number of anilines is 1. The number of carbonyl (C=O) groups is 1. The van der Waals surface area contributed by atoms with Gasteiger partial charge in [0.15, 0.2) is 0 Å². The second kappa shape index (κ2) is 7.86. The quantitative estimate of drug-likeness (QED) is 0.822. The molecule has 0 saturated heterocycles. The molecule has 2 aromatic rings. The molecule has 0 saturated carbocycles. The fourth-order valence-electron chi connectivity index (χ4n) is 2.24. The van der Waals surface area contributed by atoms with Crippen molar-refractivity contribution in [2.75, 3.05) is 11.9 Å². The lowest BCUT2D eigenvalue weighted by molar-refractivity contribution is -0.137. The Morgan fingerprint density at radius 3 is 2.25 bits per heavy atom. The highest BCUT2D eigenvalue weighted by molar-refractivity contribution is 5.77. The van der Waals surface area contributed by atoms with E-state index in [1.165, 1.54) is 12.1 Å². The van der Waals surface area contributed by atoms with E-state index in [1.54, 1.807) is 0 Å². The van der Waals surface area contributed by atoms with Crippen molar-refractivity contribution in [3.63, 3.8) is 0 Å². The van der Waals surface area contributed by atoms with Gasteiger partial charge in [-0.15, -0.1) is 0 Å². The van der Waals surface area contributed by atoms with Gasteiger partial charge in [0.05, 0.1) is 11.6 Å². The summed E-state index contributed by atoms with van der Waals surface area (Å²) in [6.45, 7) is 2.25. The standard InChI is InChI=1S/C18H19F3N2O/c1-13(14-5-3-2-4-6-14)23-17(24)11-12-22-16-9-7-15(8-10-16)18(19,20)21/h2-10,13,22H,11-12H2,1H3,(H,23,24). The van der Waals surface area contributed by atoms with Crippen LogP contribution in [0, 0.1) is 0 Å². The van der Waals surface area contributed by atoms with Crippen LogP contribution in [0.5, 0.6) is 0 Å². The van der Waals surface area contributed by atoms with Gasteiger partial charge in [0.2, 0.25) is 5.91 Å². The number of carbonyl (C=O) groups excluding carboxylic acids is 1. The maximum atomic E-state index is 12.5.